The summed E-state index contributed by atoms with van der Waals surface area (Å²) in [6.45, 7) is 5.43. The number of aromatic nitrogens is 1. The van der Waals surface area contributed by atoms with Gasteiger partial charge in [0.1, 0.15) is 5.82 Å². The molecule has 4 nitrogen and oxygen atoms in total. The van der Waals surface area contributed by atoms with Crippen molar-refractivity contribution in [2.45, 2.75) is 19.5 Å². The summed E-state index contributed by atoms with van der Waals surface area (Å²) in [4.78, 5) is 9.34. The minimum Gasteiger partial charge on any atom is -0.383 e. The van der Waals surface area contributed by atoms with Crippen molar-refractivity contribution in [2.24, 2.45) is 5.92 Å². The first-order valence-corrected chi connectivity index (χ1v) is 7.57. The number of likely N-dealkylation sites (N-methyl/N-ethyl adjacent to an activating group) is 1. The van der Waals surface area contributed by atoms with Crippen LogP contribution in [0, 0.1) is 5.92 Å². The van der Waals surface area contributed by atoms with E-state index in [2.05, 4.69) is 47.9 Å². The fraction of sp³-hybridized carbons (Fsp3) is 0.471. The van der Waals surface area contributed by atoms with E-state index < -0.39 is 0 Å². The lowest BCUT2D eigenvalue weighted by Gasteiger charge is -2.22. The summed E-state index contributed by atoms with van der Waals surface area (Å²) in [5.74, 6) is 1.35. The predicted octanol–water partition coefficient (Wildman–Crippen LogP) is 2.20. The van der Waals surface area contributed by atoms with Crippen LogP contribution in [0.1, 0.15) is 12.5 Å². The van der Waals surface area contributed by atoms with E-state index in [4.69, 9.17) is 5.73 Å². The van der Waals surface area contributed by atoms with Crippen molar-refractivity contribution >= 4 is 16.7 Å². The quantitative estimate of drug-likeness (QED) is 0.938. The van der Waals surface area contributed by atoms with E-state index in [1.165, 1.54) is 0 Å². The monoisotopic (exact) mass is 284 g/mol. The fourth-order valence-electron chi connectivity index (χ4n) is 3.39. The Morgan fingerprint density at radius 3 is 2.76 bits per heavy atom. The Kier molecular flexibility index (Phi) is 3.83. The standard InChI is InChI=1S/C17H24N4/c1-12-9-21(11-16(12)20(2)3)10-14-8-13-6-4-5-7-15(13)19-17(14)18/h4-8,12,16H,9-11H2,1-3H3,(H2,18,19). The molecule has 2 unspecified atom stereocenters. The number of hydrogen-bond acceptors (Lipinski definition) is 4. The molecule has 21 heavy (non-hydrogen) atoms. The van der Waals surface area contributed by atoms with Crippen molar-refractivity contribution in [3.8, 4) is 0 Å². The molecule has 1 fully saturated rings. The highest BCUT2D eigenvalue weighted by atomic mass is 15.2. The third-order valence-corrected chi connectivity index (χ3v) is 4.54. The molecule has 1 aliphatic rings. The Morgan fingerprint density at radius 2 is 2.05 bits per heavy atom. The highest BCUT2D eigenvalue weighted by molar-refractivity contribution is 5.81. The van der Waals surface area contributed by atoms with Gasteiger partial charge in [0.2, 0.25) is 0 Å². The van der Waals surface area contributed by atoms with Gasteiger partial charge < -0.3 is 10.6 Å². The average Bonchev–Trinajstić information content (AvgIpc) is 2.81. The molecule has 1 aliphatic heterocycles. The molecule has 3 rings (SSSR count). The summed E-state index contributed by atoms with van der Waals surface area (Å²) in [5, 5.41) is 1.16. The van der Waals surface area contributed by atoms with Crippen molar-refractivity contribution in [3.05, 3.63) is 35.9 Å². The van der Waals surface area contributed by atoms with Crippen molar-refractivity contribution in [3.63, 3.8) is 0 Å². The SMILES string of the molecule is CC1CN(Cc2cc3ccccc3nc2N)CC1N(C)C. The van der Waals surface area contributed by atoms with Gasteiger partial charge in [-0.2, -0.15) is 0 Å². The Labute approximate surface area is 126 Å². The second-order valence-electron chi connectivity index (χ2n) is 6.43. The highest BCUT2D eigenvalue weighted by Crippen LogP contribution is 2.25. The van der Waals surface area contributed by atoms with E-state index in [1.54, 1.807) is 0 Å². The molecule has 2 N–H and O–H groups in total. The van der Waals surface area contributed by atoms with Gasteiger partial charge in [-0.3, -0.25) is 4.90 Å². The van der Waals surface area contributed by atoms with Gasteiger partial charge in [-0.1, -0.05) is 25.1 Å². The lowest BCUT2D eigenvalue weighted by molar-refractivity contribution is 0.250. The van der Waals surface area contributed by atoms with Gasteiger partial charge in [0, 0.05) is 36.6 Å². The molecule has 2 aromatic rings. The minimum atomic E-state index is 0.625. The first-order valence-electron chi connectivity index (χ1n) is 7.57. The number of nitrogen functional groups attached to an aromatic ring is 1. The van der Waals surface area contributed by atoms with Crippen LogP contribution in [0.15, 0.2) is 30.3 Å². The van der Waals surface area contributed by atoms with E-state index in [9.17, 15) is 0 Å². The van der Waals surface area contributed by atoms with Crippen LogP contribution in [0.25, 0.3) is 10.9 Å². The number of nitrogens with two attached hydrogens (primary N) is 1. The molecule has 0 saturated carbocycles. The first-order chi connectivity index (χ1) is 10.0. The normalized spacial score (nSPS) is 23.2. The van der Waals surface area contributed by atoms with Crippen molar-refractivity contribution in [2.75, 3.05) is 32.9 Å². The van der Waals surface area contributed by atoms with Crippen LogP contribution in [0.4, 0.5) is 5.82 Å². The topological polar surface area (TPSA) is 45.4 Å². The molecule has 4 heteroatoms. The Morgan fingerprint density at radius 1 is 1.29 bits per heavy atom. The smallest absolute Gasteiger partial charge is 0.128 e. The Balaban J connectivity index is 1.81. The lowest BCUT2D eigenvalue weighted by Crippen LogP contribution is -2.34. The Hall–Kier alpha value is -1.65. The van der Waals surface area contributed by atoms with Crippen LogP contribution in [-0.4, -0.2) is 48.0 Å². The van der Waals surface area contributed by atoms with Crippen molar-refractivity contribution in [1.82, 2.24) is 14.8 Å². The summed E-state index contributed by atoms with van der Waals surface area (Å²) in [5.41, 5.74) is 8.26. The summed E-state index contributed by atoms with van der Waals surface area (Å²) in [6.07, 6.45) is 0. The fourth-order valence-corrected chi connectivity index (χ4v) is 3.39. The summed E-state index contributed by atoms with van der Waals surface area (Å²) < 4.78 is 0. The minimum absolute atomic E-state index is 0.625. The molecule has 0 spiro atoms. The van der Waals surface area contributed by atoms with Crippen molar-refractivity contribution < 1.29 is 0 Å². The average molecular weight is 284 g/mol. The molecule has 0 radical (unpaired) electrons. The number of fused-ring (bicyclic) bond motifs is 1. The van der Waals surface area contributed by atoms with E-state index in [0.717, 1.165) is 36.1 Å². The molecule has 0 aliphatic carbocycles. The van der Waals surface area contributed by atoms with E-state index in [-0.39, 0.29) is 0 Å². The Bertz CT molecular complexity index is 638. The molecule has 1 aromatic heterocycles. The number of anilines is 1. The van der Waals surface area contributed by atoms with Gasteiger partial charge in [0.25, 0.3) is 0 Å². The maximum absolute atomic E-state index is 6.15. The van der Waals surface area contributed by atoms with Gasteiger partial charge >= 0.3 is 0 Å². The molecule has 2 heterocycles. The zero-order valence-corrected chi connectivity index (χ0v) is 13.1. The molecule has 1 saturated heterocycles. The number of nitrogens with zero attached hydrogens (tertiary/aromatic N) is 3. The van der Waals surface area contributed by atoms with Gasteiger partial charge in [-0.15, -0.1) is 0 Å². The number of rotatable bonds is 3. The number of likely N-dealkylation sites (tertiary alicyclic amines) is 1. The summed E-state index contributed by atoms with van der Waals surface area (Å²) >= 11 is 0. The molecule has 2 atom stereocenters. The van der Waals surface area contributed by atoms with E-state index in [1.807, 2.05) is 18.2 Å². The highest BCUT2D eigenvalue weighted by Gasteiger charge is 2.31. The number of pyridine rings is 1. The van der Waals surface area contributed by atoms with Crippen LogP contribution in [0.5, 0.6) is 0 Å². The summed E-state index contributed by atoms with van der Waals surface area (Å²) in [6, 6.07) is 11.0. The maximum Gasteiger partial charge on any atom is 0.128 e. The summed E-state index contributed by atoms with van der Waals surface area (Å²) in [7, 11) is 4.33. The van der Waals surface area contributed by atoms with Crippen molar-refractivity contribution in [1.29, 1.82) is 0 Å². The molecule has 112 valence electrons. The molecular weight excluding hydrogens is 260 g/mol. The van der Waals surface area contributed by atoms with Gasteiger partial charge in [-0.25, -0.2) is 4.98 Å². The number of benzene rings is 1. The number of hydrogen-bond donors (Lipinski definition) is 1. The van der Waals surface area contributed by atoms with Gasteiger partial charge in [-0.05, 0) is 32.1 Å². The third kappa shape index (κ3) is 2.87. The predicted molar refractivity (Wildman–Crippen MR) is 88.1 cm³/mol. The third-order valence-electron chi connectivity index (χ3n) is 4.54. The first kappa shape index (κ1) is 14.3. The lowest BCUT2D eigenvalue weighted by atomic mass is 10.1. The zero-order chi connectivity index (χ0) is 15.0. The zero-order valence-electron chi connectivity index (χ0n) is 13.1. The maximum atomic E-state index is 6.15. The number of para-hydroxylation sites is 1. The van der Waals surface area contributed by atoms with Gasteiger partial charge in [0.15, 0.2) is 0 Å². The largest absolute Gasteiger partial charge is 0.383 e. The van der Waals surface area contributed by atoms with Crippen LogP contribution < -0.4 is 5.73 Å². The van der Waals surface area contributed by atoms with Crippen LogP contribution >= 0.6 is 0 Å². The molecule has 0 amide bonds. The van der Waals surface area contributed by atoms with Crippen LogP contribution in [-0.2, 0) is 6.54 Å². The van der Waals surface area contributed by atoms with Crippen LogP contribution in [0.3, 0.4) is 0 Å². The van der Waals surface area contributed by atoms with Gasteiger partial charge in [0.05, 0.1) is 5.52 Å². The second kappa shape index (κ2) is 5.62. The molecular formula is C17H24N4. The van der Waals surface area contributed by atoms with Crippen LogP contribution in [0.2, 0.25) is 0 Å². The second-order valence-corrected chi connectivity index (χ2v) is 6.43. The molecule has 1 aromatic carbocycles. The van der Waals surface area contributed by atoms with E-state index >= 15 is 0 Å². The molecule has 0 bridgehead atoms. The van der Waals surface area contributed by atoms with E-state index in [0.29, 0.717) is 17.8 Å².